The molecule has 0 aliphatic carbocycles. The summed E-state index contributed by atoms with van der Waals surface area (Å²) in [6, 6.07) is 7.00. The highest BCUT2D eigenvalue weighted by molar-refractivity contribution is 5.94. The highest BCUT2D eigenvalue weighted by atomic mass is 16.5. The Hall–Kier alpha value is -1.97. The van der Waals surface area contributed by atoms with Crippen molar-refractivity contribution in [3.05, 3.63) is 35.4 Å². The van der Waals surface area contributed by atoms with Gasteiger partial charge in [0.1, 0.15) is 6.54 Å². The van der Waals surface area contributed by atoms with Crippen molar-refractivity contribution in [3.63, 3.8) is 0 Å². The van der Waals surface area contributed by atoms with Gasteiger partial charge in [-0.15, -0.1) is 0 Å². The number of hydrogen-bond donors (Lipinski definition) is 0. The van der Waals surface area contributed by atoms with E-state index in [2.05, 4.69) is 9.73 Å². The van der Waals surface area contributed by atoms with Crippen LogP contribution in [-0.4, -0.2) is 31.6 Å². The zero-order valence-electron chi connectivity index (χ0n) is 9.27. The molecule has 84 valence electrons. The predicted octanol–water partition coefficient (Wildman–Crippen LogP) is 1.48. The highest BCUT2D eigenvalue weighted by Gasteiger charge is 1.98. The van der Waals surface area contributed by atoms with E-state index in [4.69, 9.17) is 0 Å². The standard InChI is InChI=1S/C12H13NO3/c1-9(14)11-5-3-10(4-6-11)7-13-8-12(15)16-2/h3-7H,8H2,1-2H3. The number of nitrogens with zero attached hydrogens (tertiary/aromatic N) is 1. The maximum absolute atomic E-state index is 11.0. The van der Waals surface area contributed by atoms with Gasteiger partial charge in [-0.2, -0.15) is 0 Å². The largest absolute Gasteiger partial charge is 0.468 e. The summed E-state index contributed by atoms with van der Waals surface area (Å²) in [5.74, 6) is -0.352. The molecule has 16 heavy (non-hydrogen) atoms. The summed E-state index contributed by atoms with van der Waals surface area (Å²) in [7, 11) is 1.32. The van der Waals surface area contributed by atoms with Crippen molar-refractivity contribution >= 4 is 18.0 Å². The molecule has 0 N–H and O–H groups in total. The van der Waals surface area contributed by atoms with E-state index >= 15 is 0 Å². The van der Waals surface area contributed by atoms with Gasteiger partial charge < -0.3 is 4.74 Å². The average molecular weight is 219 g/mol. The Morgan fingerprint density at radius 1 is 1.31 bits per heavy atom. The van der Waals surface area contributed by atoms with Crippen molar-refractivity contribution < 1.29 is 14.3 Å². The first-order valence-corrected chi connectivity index (χ1v) is 4.81. The van der Waals surface area contributed by atoms with Crippen LogP contribution < -0.4 is 0 Å². The Labute approximate surface area is 94.0 Å². The van der Waals surface area contributed by atoms with Gasteiger partial charge in [0.2, 0.25) is 0 Å². The van der Waals surface area contributed by atoms with Crippen LogP contribution in [0, 0.1) is 0 Å². The minimum atomic E-state index is -0.378. The van der Waals surface area contributed by atoms with E-state index in [1.807, 2.05) is 0 Å². The topological polar surface area (TPSA) is 55.7 Å². The molecule has 1 aromatic rings. The third-order valence-corrected chi connectivity index (χ3v) is 2.01. The summed E-state index contributed by atoms with van der Waals surface area (Å²) in [6.45, 7) is 1.52. The van der Waals surface area contributed by atoms with Crippen molar-refractivity contribution in [1.29, 1.82) is 0 Å². The number of carbonyl (C=O) groups excluding carboxylic acids is 2. The summed E-state index contributed by atoms with van der Waals surface area (Å²) >= 11 is 0. The third kappa shape index (κ3) is 3.65. The Kier molecular flexibility index (Phi) is 4.39. The molecule has 0 bridgehead atoms. The second-order valence-electron chi connectivity index (χ2n) is 3.22. The fourth-order valence-corrected chi connectivity index (χ4v) is 1.09. The first-order valence-electron chi connectivity index (χ1n) is 4.81. The first-order chi connectivity index (χ1) is 7.63. The van der Waals surface area contributed by atoms with Crippen LogP contribution in [0.25, 0.3) is 0 Å². The lowest BCUT2D eigenvalue weighted by Gasteiger charge is -1.96. The molecule has 1 rings (SSSR count). The van der Waals surface area contributed by atoms with Crippen LogP contribution in [0.2, 0.25) is 0 Å². The minimum Gasteiger partial charge on any atom is -0.468 e. The zero-order chi connectivity index (χ0) is 12.0. The fraction of sp³-hybridized carbons (Fsp3) is 0.250. The van der Waals surface area contributed by atoms with E-state index in [9.17, 15) is 9.59 Å². The molecule has 0 unspecified atom stereocenters. The second-order valence-corrected chi connectivity index (χ2v) is 3.22. The number of benzene rings is 1. The number of ketones is 1. The van der Waals surface area contributed by atoms with Crippen LogP contribution in [0.4, 0.5) is 0 Å². The Bertz CT molecular complexity index is 407. The smallest absolute Gasteiger partial charge is 0.327 e. The minimum absolute atomic E-state index is 0.00492. The van der Waals surface area contributed by atoms with E-state index in [-0.39, 0.29) is 18.3 Å². The number of hydrogen-bond acceptors (Lipinski definition) is 4. The van der Waals surface area contributed by atoms with E-state index in [1.165, 1.54) is 14.0 Å². The molecule has 0 aliphatic rings. The number of ether oxygens (including phenoxy) is 1. The van der Waals surface area contributed by atoms with E-state index < -0.39 is 0 Å². The summed E-state index contributed by atoms with van der Waals surface area (Å²) in [4.78, 5) is 25.7. The molecule has 0 radical (unpaired) electrons. The summed E-state index contributed by atoms with van der Waals surface area (Å²) in [5.41, 5.74) is 1.50. The number of methoxy groups -OCH3 is 1. The van der Waals surface area contributed by atoms with Crippen molar-refractivity contribution in [1.82, 2.24) is 0 Å². The van der Waals surface area contributed by atoms with Gasteiger partial charge in [-0.1, -0.05) is 24.3 Å². The molecule has 0 heterocycles. The maximum atomic E-state index is 11.0. The SMILES string of the molecule is COC(=O)CN=Cc1ccc(C(C)=O)cc1. The van der Waals surface area contributed by atoms with Crippen LogP contribution in [0.5, 0.6) is 0 Å². The van der Waals surface area contributed by atoms with Gasteiger partial charge in [0, 0.05) is 11.8 Å². The van der Waals surface area contributed by atoms with Gasteiger partial charge in [0.15, 0.2) is 5.78 Å². The summed E-state index contributed by atoms with van der Waals surface area (Å²) in [5, 5.41) is 0. The van der Waals surface area contributed by atoms with Crippen molar-refractivity contribution in [3.8, 4) is 0 Å². The monoisotopic (exact) mass is 219 g/mol. The molecule has 0 saturated heterocycles. The third-order valence-electron chi connectivity index (χ3n) is 2.01. The number of esters is 1. The quantitative estimate of drug-likeness (QED) is 0.438. The predicted molar refractivity (Wildman–Crippen MR) is 60.9 cm³/mol. The molecule has 1 aromatic carbocycles. The van der Waals surface area contributed by atoms with Crippen molar-refractivity contribution in [2.75, 3.05) is 13.7 Å². The van der Waals surface area contributed by atoms with Crippen LogP contribution >= 0.6 is 0 Å². The normalized spacial score (nSPS) is 10.4. The van der Waals surface area contributed by atoms with Gasteiger partial charge in [-0.05, 0) is 12.5 Å². The van der Waals surface area contributed by atoms with Gasteiger partial charge >= 0.3 is 5.97 Å². The maximum Gasteiger partial charge on any atom is 0.327 e. The molecule has 4 nitrogen and oxygen atoms in total. The molecular weight excluding hydrogens is 206 g/mol. The average Bonchev–Trinajstić information content (AvgIpc) is 2.29. The summed E-state index contributed by atoms with van der Waals surface area (Å²) in [6.07, 6.45) is 1.57. The lowest BCUT2D eigenvalue weighted by Crippen LogP contribution is -2.04. The number of aliphatic imine (C=N–C) groups is 1. The van der Waals surface area contributed by atoms with Gasteiger partial charge in [-0.25, -0.2) is 0 Å². The van der Waals surface area contributed by atoms with Gasteiger partial charge in [0.25, 0.3) is 0 Å². The Balaban J connectivity index is 2.61. The first kappa shape index (κ1) is 12.1. The number of rotatable bonds is 4. The highest BCUT2D eigenvalue weighted by Crippen LogP contribution is 2.03. The molecule has 0 spiro atoms. The molecule has 0 amide bonds. The van der Waals surface area contributed by atoms with Gasteiger partial charge in [-0.3, -0.25) is 14.6 Å². The van der Waals surface area contributed by atoms with Crippen LogP contribution in [0.1, 0.15) is 22.8 Å². The van der Waals surface area contributed by atoms with E-state index in [1.54, 1.807) is 30.5 Å². The molecule has 0 aromatic heterocycles. The van der Waals surface area contributed by atoms with E-state index in [0.29, 0.717) is 5.56 Å². The Morgan fingerprint density at radius 3 is 2.44 bits per heavy atom. The Morgan fingerprint density at radius 2 is 1.94 bits per heavy atom. The fourth-order valence-electron chi connectivity index (χ4n) is 1.09. The molecule has 0 fully saturated rings. The molecular formula is C12H13NO3. The number of Topliss-reactive ketones (excluding diaryl/α,β-unsaturated/α-hetero) is 1. The molecule has 0 saturated carbocycles. The zero-order valence-corrected chi connectivity index (χ0v) is 9.27. The second kappa shape index (κ2) is 5.80. The lowest BCUT2D eigenvalue weighted by molar-refractivity contribution is -0.138. The van der Waals surface area contributed by atoms with Crippen LogP contribution in [0.3, 0.4) is 0 Å². The van der Waals surface area contributed by atoms with E-state index in [0.717, 1.165) is 5.56 Å². The lowest BCUT2D eigenvalue weighted by atomic mass is 10.1. The number of carbonyl (C=O) groups is 2. The summed E-state index contributed by atoms with van der Waals surface area (Å²) < 4.78 is 4.44. The van der Waals surface area contributed by atoms with Crippen molar-refractivity contribution in [2.45, 2.75) is 6.92 Å². The molecule has 0 aliphatic heterocycles. The van der Waals surface area contributed by atoms with Gasteiger partial charge in [0.05, 0.1) is 7.11 Å². The van der Waals surface area contributed by atoms with Crippen LogP contribution in [0.15, 0.2) is 29.3 Å². The molecule has 4 heteroatoms. The van der Waals surface area contributed by atoms with Crippen LogP contribution in [-0.2, 0) is 9.53 Å². The molecule has 0 atom stereocenters. The van der Waals surface area contributed by atoms with Crippen molar-refractivity contribution in [2.24, 2.45) is 4.99 Å².